The number of unbranched alkanes of at least 4 members (excludes halogenated alkanes) is 1. The Kier molecular flexibility index (Phi) is 7.87. The van der Waals surface area contributed by atoms with Crippen LogP contribution in [0.2, 0.25) is 0 Å². The van der Waals surface area contributed by atoms with Crippen LogP contribution in [0.25, 0.3) is 0 Å². The Labute approximate surface area is 108 Å². The van der Waals surface area contributed by atoms with E-state index in [0.29, 0.717) is 0 Å². The minimum Gasteiger partial charge on any atom is -0.317 e. The fourth-order valence-corrected chi connectivity index (χ4v) is 2.96. The average Bonchev–Trinajstić information content (AvgIpc) is 2.38. The molecule has 0 spiro atoms. The first-order valence-corrected chi connectivity index (χ1v) is 7.68. The predicted octanol–water partition coefficient (Wildman–Crippen LogP) is 3.28. The third kappa shape index (κ3) is 5.87. The Balaban J connectivity index is 2.05. The first-order chi connectivity index (χ1) is 8.27. The van der Waals surface area contributed by atoms with E-state index in [0.717, 1.165) is 18.5 Å². The molecule has 1 aliphatic carbocycles. The summed E-state index contributed by atoms with van der Waals surface area (Å²) in [5.74, 6) is 1.02. The Bertz CT molecular complexity index is 174. The van der Waals surface area contributed by atoms with Crippen molar-refractivity contribution in [2.75, 3.05) is 26.7 Å². The van der Waals surface area contributed by atoms with Gasteiger partial charge in [-0.05, 0) is 71.1 Å². The smallest absolute Gasteiger partial charge is 0.00924 e. The van der Waals surface area contributed by atoms with Gasteiger partial charge in [0.2, 0.25) is 0 Å². The van der Waals surface area contributed by atoms with Gasteiger partial charge in [0.15, 0.2) is 0 Å². The van der Waals surface area contributed by atoms with E-state index >= 15 is 0 Å². The van der Waals surface area contributed by atoms with Crippen molar-refractivity contribution in [3.63, 3.8) is 0 Å². The Hall–Kier alpha value is -0.0800. The van der Waals surface area contributed by atoms with Crippen molar-refractivity contribution < 1.29 is 0 Å². The van der Waals surface area contributed by atoms with Crippen LogP contribution in [-0.2, 0) is 0 Å². The summed E-state index contributed by atoms with van der Waals surface area (Å²) >= 11 is 0. The maximum atomic E-state index is 3.40. The molecule has 2 nitrogen and oxygen atoms in total. The van der Waals surface area contributed by atoms with Gasteiger partial charge in [0.05, 0.1) is 0 Å². The van der Waals surface area contributed by atoms with Crippen molar-refractivity contribution in [2.24, 2.45) is 5.92 Å². The van der Waals surface area contributed by atoms with Gasteiger partial charge in [0, 0.05) is 6.04 Å². The summed E-state index contributed by atoms with van der Waals surface area (Å²) in [5, 5.41) is 3.40. The minimum atomic E-state index is 0.872. The summed E-state index contributed by atoms with van der Waals surface area (Å²) in [4.78, 5) is 2.61. The zero-order valence-corrected chi connectivity index (χ0v) is 12.2. The molecule has 0 saturated heterocycles. The van der Waals surface area contributed by atoms with E-state index in [1.54, 1.807) is 0 Å². The molecule has 17 heavy (non-hydrogen) atoms. The first-order valence-electron chi connectivity index (χ1n) is 7.68. The van der Waals surface area contributed by atoms with Crippen LogP contribution in [0.3, 0.4) is 0 Å². The van der Waals surface area contributed by atoms with Gasteiger partial charge in [0.1, 0.15) is 0 Å². The molecule has 0 aromatic heterocycles. The van der Waals surface area contributed by atoms with E-state index in [1.807, 2.05) is 0 Å². The molecule has 1 aliphatic rings. The Morgan fingerprint density at radius 3 is 2.35 bits per heavy atom. The Morgan fingerprint density at radius 1 is 1.06 bits per heavy atom. The van der Waals surface area contributed by atoms with E-state index in [-0.39, 0.29) is 0 Å². The largest absolute Gasteiger partial charge is 0.317 e. The monoisotopic (exact) mass is 240 g/mol. The summed E-state index contributed by atoms with van der Waals surface area (Å²) in [7, 11) is 2.32. The number of hydrogen-bond acceptors (Lipinski definition) is 2. The highest BCUT2D eigenvalue weighted by atomic mass is 15.1. The van der Waals surface area contributed by atoms with E-state index in [9.17, 15) is 0 Å². The number of nitrogens with zero attached hydrogens (tertiary/aromatic N) is 1. The third-order valence-corrected chi connectivity index (χ3v) is 4.38. The molecule has 0 radical (unpaired) electrons. The third-order valence-electron chi connectivity index (χ3n) is 4.38. The van der Waals surface area contributed by atoms with E-state index in [4.69, 9.17) is 0 Å². The molecule has 0 atom stereocenters. The highest BCUT2D eigenvalue weighted by Gasteiger charge is 2.22. The molecule has 0 aromatic rings. The molecule has 1 saturated carbocycles. The van der Waals surface area contributed by atoms with Gasteiger partial charge in [-0.2, -0.15) is 0 Å². The van der Waals surface area contributed by atoms with Gasteiger partial charge in [-0.15, -0.1) is 0 Å². The molecule has 0 aliphatic heterocycles. The molecule has 1 N–H and O–H groups in total. The summed E-state index contributed by atoms with van der Waals surface area (Å²) in [6, 6.07) is 0.872. The molecule has 0 amide bonds. The summed E-state index contributed by atoms with van der Waals surface area (Å²) in [6.45, 7) is 8.10. The van der Waals surface area contributed by atoms with Crippen LogP contribution in [-0.4, -0.2) is 37.6 Å². The van der Waals surface area contributed by atoms with Crippen LogP contribution in [0.1, 0.15) is 58.8 Å². The molecule has 0 unspecified atom stereocenters. The van der Waals surface area contributed by atoms with Crippen LogP contribution < -0.4 is 5.32 Å². The Morgan fingerprint density at radius 2 is 1.76 bits per heavy atom. The van der Waals surface area contributed by atoms with Crippen LogP contribution in [0.5, 0.6) is 0 Å². The first kappa shape index (κ1) is 15.0. The summed E-state index contributed by atoms with van der Waals surface area (Å²) in [5.41, 5.74) is 0. The van der Waals surface area contributed by atoms with Crippen LogP contribution in [0, 0.1) is 5.92 Å². The lowest BCUT2D eigenvalue weighted by Gasteiger charge is -2.34. The van der Waals surface area contributed by atoms with Crippen molar-refractivity contribution in [3.8, 4) is 0 Å². The zero-order chi connectivity index (χ0) is 12.5. The molecule has 0 aromatic carbocycles. The van der Waals surface area contributed by atoms with Gasteiger partial charge in [-0.1, -0.05) is 20.3 Å². The van der Waals surface area contributed by atoms with Gasteiger partial charge >= 0.3 is 0 Å². The summed E-state index contributed by atoms with van der Waals surface area (Å²) < 4.78 is 0. The zero-order valence-electron chi connectivity index (χ0n) is 12.2. The number of rotatable bonds is 8. The van der Waals surface area contributed by atoms with E-state index < -0.39 is 0 Å². The molecule has 2 heteroatoms. The quantitative estimate of drug-likeness (QED) is 0.655. The highest BCUT2D eigenvalue weighted by Crippen LogP contribution is 2.28. The second kappa shape index (κ2) is 8.93. The molecule has 0 bridgehead atoms. The number of nitrogens with one attached hydrogen (secondary N) is 1. The lowest BCUT2D eigenvalue weighted by atomic mass is 9.84. The SMILES string of the molecule is CCNCCCCN(C)C1CCC(CC)CC1. The summed E-state index contributed by atoms with van der Waals surface area (Å²) in [6.07, 6.45) is 9.84. The van der Waals surface area contributed by atoms with Crippen LogP contribution in [0.4, 0.5) is 0 Å². The molecular weight excluding hydrogens is 208 g/mol. The van der Waals surface area contributed by atoms with Gasteiger partial charge < -0.3 is 10.2 Å². The lowest BCUT2D eigenvalue weighted by Crippen LogP contribution is -2.36. The fourth-order valence-electron chi connectivity index (χ4n) is 2.96. The van der Waals surface area contributed by atoms with Crippen molar-refractivity contribution in [1.29, 1.82) is 0 Å². The van der Waals surface area contributed by atoms with E-state index in [2.05, 4.69) is 31.1 Å². The maximum absolute atomic E-state index is 3.40. The molecule has 102 valence electrons. The highest BCUT2D eigenvalue weighted by molar-refractivity contribution is 4.77. The lowest BCUT2D eigenvalue weighted by molar-refractivity contribution is 0.161. The van der Waals surface area contributed by atoms with Crippen molar-refractivity contribution in [2.45, 2.75) is 64.8 Å². The van der Waals surface area contributed by atoms with Gasteiger partial charge in [0.25, 0.3) is 0 Å². The molecule has 1 rings (SSSR count). The van der Waals surface area contributed by atoms with Crippen molar-refractivity contribution in [1.82, 2.24) is 10.2 Å². The minimum absolute atomic E-state index is 0.872. The topological polar surface area (TPSA) is 15.3 Å². The van der Waals surface area contributed by atoms with Gasteiger partial charge in [-0.25, -0.2) is 0 Å². The molecule has 1 fully saturated rings. The van der Waals surface area contributed by atoms with Crippen LogP contribution in [0.15, 0.2) is 0 Å². The van der Waals surface area contributed by atoms with Crippen molar-refractivity contribution >= 4 is 0 Å². The number of hydrogen-bond donors (Lipinski definition) is 1. The normalized spacial score (nSPS) is 25.4. The maximum Gasteiger partial charge on any atom is 0.00924 e. The second-order valence-electron chi connectivity index (χ2n) is 5.62. The van der Waals surface area contributed by atoms with Crippen molar-refractivity contribution in [3.05, 3.63) is 0 Å². The standard InChI is InChI=1S/C15H32N2/c1-4-14-8-10-15(11-9-14)17(3)13-7-6-12-16-5-2/h14-16H,4-13H2,1-3H3. The average molecular weight is 240 g/mol. The molecular formula is C15H32N2. The van der Waals surface area contributed by atoms with E-state index in [1.165, 1.54) is 58.0 Å². The second-order valence-corrected chi connectivity index (χ2v) is 5.62. The fraction of sp³-hybridized carbons (Fsp3) is 1.00. The predicted molar refractivity (Wildman–Crippen MR) is 76.4 cm³/mol. The van der Waals surface area contributed by atoms with Gasteiger partial charge in [-0.3, -0.25) is 0 Å². The molecule has 0 heterocycles. The van der Waals surface area contributed by atoms with Crippen LogP contribution >= 0.6 is 0 Å².